The van der Waals surface area contributed by atoms with E-state index in [4.69, 9.17) is 42.3 Å². The fourth-order valence-electron chi connectivity index (χ4n) is 6.36. The molecule has 4 aliphatic rings. The molecular weight excluding hydrogens is 568 g/mol. The molecule has 1 amide bonds. The number of aliphatic hydroxyl groups is 5. The minimum Gasteiger partial charge on any atom is -0.492 e. The monoisotopic (exact) mass is 616 g/mol. The average molecular weight is 617 g/mol. The van der Waals surface area contributed by atoms with Gasteiger partial charge in [0.1, 0.15) is 29.7 Å². The van der Waals surface area contributed by atoms with Crippen LogP contribution in [0, 0.1) is 5.92 Å². The van der Waals surface area contributed by atoms with Gasteiger partial charge >= 0.3 is 0 Å². The molecule has 0 spiro atoms. The highest BCUT2D eigenvalue weighted by Gasteiger charge is 2.61. The van der Waals surface area contributed by atoms with Crippen LogP contribution in [-0.4, -0.2) is 143 Å². The molecule has 2 heterocycles. The Morgan fingerprint density at radius 3 is 2.58 bits per heavy atom. The number of carbonyl (C=O) groups excluding carboxylic acids is 1. The number of ether oxygens (including phenoxy) is 3. The van der Waals surface area contributed by atoms with E-state index in [1.807, 2.05) is 6.08 Å². The summed E-state index contributed by atoms with van der Waals surface area (Å²) in [5, 5.41) is 62.1. The van der Waals surface area contributed by atoms with E-state index in [2.05, 4.69) is 20.9 Å². The first-order chi connectivity index (χ1) is 20.2. The zero-order chi connectivity index (χ0) is 31.7. The van der Waals surface area contributed by atoms with Crippen molar-refractivity contribution in [2.75, 3.05) is 33.4 Å². The summed E-state index contributed by atoms with van der Waals surface area (Å²) in [5.41, 5.74) is 20.6. The van der Waals surface area contributed by atoms with E-state index in [1.165, 1.54) is 6.92 Å². The number of likely N-dealkylation sites (N-methyl/N-ethyl adjacent to an activating group) is 1. The second-order valence-electron chi connectivity index (χ2n) is 12.2. The van der Waals surface area contributed by atoms with E-state index in [-0.39, 0.29) is 32.0 Å². The van der Waals surface area contributed by atoms with Crippen LogP contribution in [0.2, 0.25) is 0 Å². The highest BCUT2D eigenvalue weighted by Crippen LogP contribution is 2.41. The summed E-state index contributed by atoms with van der Waals surface area (Å²) in [6, 6.07) is -3.85. The smallest absolute Gasteiger partial charge is 0.254 e. The van der Waals surface area contributed by atoms with Crippen LogP contribution in [0.1, 0.15) is 26.2 Å². The second kappa shape index (κ2) is 13.5. The van der Waals surface area contributed by atoms with Gasteiger partial charge in [-0.2, -0.15) is 0 Å². The number of aliphatic imine (C=N–C) groups is 1. The molecular formula is C26H48N8O9. The van der Waals surface area contributed by atoms with Crippen LogP contribution in [-0.2, 0) is 19.0 Å². The molecule has 17 heteroatoms. The van der Waals surface area contributed by atoms with E-state index in [0.29, 0.717) is 25.3 Å². The number of carbonyl (C=O) groups is 1. The number of hydrogen-bond donors (Lipinski definition) is 12. The van der Waals surface area contributed by atoms with Crippen molar-refractivity contribution in [1.29, 1.82) is 0 Å². The summed E-state index contributed by atoms with van der Waals surface area (Å²) < 4.78 is 18.0. The lowest BCUT2D eigenvalue weighted by Gasteiger charge is -2.50. The molecule has 0 bridgehead atoms. The predicted octanol–water partition coefficient (Wildman–Crippen LogP) is -6.02. The van der Waals surface area contributed by atoms with Crippen molar-refractivity contribution >= 4 is 11.9 Å². The number of nitrogens with one attached hydrogen (secondary N) is 3. The quantitative estimate of drug-likeness (QED) is 0.0584. The van der Waals surface area contributed by atoms with Crippen molar-refractivity contribution in [2.45, 2.75) is 98.3 Å². The Labute approximate surface area is 250 Å². The minimum atomic E-state index is -1.85. The molecule has 17 nitrogen and oxygen atoms in total. The molecule has 0 aromatic rings. The average Bonchev–Trinajstić information content (AvgIpc) is 3.58. The fourth-order valence-corrected chi connectivity index (χ4v) is 6.36. The molecule has 4 rings (SSSR count). The van der Waals surface area contributed by atoms with Crippen molar-refractivity contribution in [3.05, 3.63) is 11.8 Å². The third kappa shape index (κ3) is 7.23. The van der Waals surface area contributed by atoms with Gasteiger partial charge in [-0.25, -0.2) is 4.99 Å². The van der Waals surface area contributed by atoms with Gasteiger partial charge < -0.3 is 78.6 Å². The van der Waals surface area contributed by atoms with Gasteiger partial charge in [0.2, 0.25) is 0 Å². The number of nitrogens with two attached hydrogens (primary N) is 4. The van der Waals surface area contributed by atoms with Gasteiger partial charge in [0.05, 0.1) is 44.0 Å². The van der Waals surface area contributed by atoms with Crippen LogP contribution < -0.4 is 38.9 Å². The van der Waals surface area contributed by atoms with Gasteiger partial charge in [-0.05, 0) is 32.9 Å². The number of hydrogen-bond acceptors (Lipinski definition) is 14. The van der Waals surface area contributed by atoms with Crippen LogP contribution in [0.3, 0.4) is 0 Å². The molecule has 0 aromatic carbocycles. The van der Waals surface area contributed by atoms with E-state index in [9.17, 15) is 25.2 Å². The van der Waals surface area contributed by atoms with Gasteiger partial charge in [0.25, 0.3) is 5.91 Å². The van der Waals surface area contributed by atoms with Crippen molar-refractivity contribution < 1.29 is 44.5 Å². The molecule has 3 fully saturated rings. The summed E-state index contributed by atoms with van der Waals surface area (Å²) in [7, 11) is 1.57. The Morgan fingerprint density at radius 1 is 1.21 bits per heavy atom. The van der Waals surface area contributed by atoms with Gasteiger partial charge in [-0.15, -0.1) is 0 Å². The van der Waals surface area contributed by atoms with Crippen LogP contribution in [0.15, 0.2) is 16.8 Å². The molecule has 13 atom stereocenters. The highest BCUT2D eigenvalue weighted by atomic mass is 16.7. The van der Waals surface area contributed by atoms with Crippen molar-refractivity contribution in [3.63, 3.8) is 0 Å². The largest absolute Gasteiger partial charge is 0.492 e. The van der Waals surface area contributed by atoms with Crippen molar-refractivity contribution in [3.8, 4) is 0 Å². The third-order valence-electron chi connectivity index (χ3n) is 8.79. The lowest BCUT2D eigenvalue weighted by Crippen LogP contribution is -2.69. The molecule has 0 radical (unpaired) electrons. The maximum absolute atomic E-state index is 13.2. The summed E-state index contributed by atoms with van der Waals surface area (Å²) in [5.74, 6) is -1.22. The maximum Gasteiger partial charge on any atom is 0.254 e. The van der Waals surface area contributed by atoms with Crippen molar-refractivity contribution in [2.24, 2.45) is 33.8 Å². The first-order valence-corrected chi connectivity index (χ1v) is 14.6. The second-order valence-corrected chi connectivity index (χ2v) is 12.2. The zero-order valence-electron chi connectivity index (χ0n) is 24.5. The van der Waals surface area contributed by atoms with Gasteiger partial charge in [-0.1, -0.05) is 0 Å². The number of guanidine groups is 1. The van der Waals surface area contributed by atoms with Gasteiger partial charge in [0.15, 0.2) is 17.9 Å². The number of nitrogens with zero attached hydrogens (tertiary/aromatic N) is 1. The number of amides is 1. The standard InChI is InChI=1S/C26H48N8O9/c1-25(39)10-41-22(18(37)21(25)31-2)43-20-14(33-23(38)26(40)8-15(26)34-24(29)30)7-13(28)16(17(20)36)19-12(27)4-3-11(42-19)9-32-5-6-35/h3,12-22,31-32,35-37,39-40H,4-10,27-28H2,1-2H3,(H,33,38)(H4,29,30,34)/t12-,13+,14-,15-,16?,17+,18-,19+,20+,21-,22-,25+,26?/m1/s1. The van der Waals surface area contributed by atoms with Crippen LogP contribution in [0.25, 0.3) is 0 Å². The predicted molar refractivity (Wildman–Crippen MR) is 153 cm³/mol. The highest BCUT2D eigenvalue weighted by molar-refractivity contribution is 5.90. The number of rotatable bonds is 11. The zero-order valence-corrected chi connectivity index (χ0v) is 24.5. The van der Waals surface area contributed by atoms with Crippen LogP contribution >= 0.6 is 0 Å². The molecule has 2 aliphatic heterocycles. The molecule has 0 aromatic heterocycles. The molecule has 1 saturated heterocycles. The van der Waals surface area contributed by atoms with Crippen molar-refractivity contribution in [1.82, 2.24) is 16.0 Å². The minimum absolute atomic E-state index is 0.000211. The summed E-state index contributed by atoms with van der Waals surface area (Å²) in [6.07, 6.45) is -3.59. The number of aliphatic hydroxyl groups excluding tert-OH is 3. The van der Waals surface area contributed by atoms with Crippen LogP contribution in [0.5, 0.6) is 0 Å². The Bertz CT molecular complexity index is 1050. The summed E-state index contributed by atoms with van der Waals surface area (Å²) >= 11 is 0. The lowest BCUT2D eigenvalue weighted by atomic mass is 9.72. The molecule has 43 heavy (non-hydrogen) atoms. The molecule has 2 aliphatic carbocycles. The molecule has 246 valence electrons. The molecule has 2 unspecified atom stereocenters. The Kier molecular flexibility index (Phi) is 10.6. The first kappa shape index (κ1) is 33.7. The van der Waals surface area contributed by atoms with E-state index in [0.717, 1.165) is 0 Å². The Hall–Kier alpha value is -2.16. The SMILES string of the molecule is CN[C@@H]1[C@@H](O)[C@@H](O[C@H]2[C@H](NC(=O)C3(O)C[C@H]3N=C(N)N)C[C@H](N)C([C@H]3OC(CNCCO)=CC[C@H]3N)[C@@H]2O)OC[C@]1(C)O. The molecule has 16 N–H and O–H groups in total. The normalized spacial score (nSPS) is 44.6. The lowest BCUT2D eigenvalue weighted by molar-refractivity contribution is -0.297. The van der Waals surface area contributed by atoms with Gasteiger partial charge in [-0.3, -0.25) is 4.79 Å². The maximum atomic E-state index is 13.2. The molecule has 2 saturated carbocycles. The topological polar surface area (TPSA) is 298 Å². The first-order valence-electron chi connectivity index (χ1n) is 14.6. The van der Waals surface area contributed by atoms with E-state index in [1.54, 1.807) is 7.05 Å². The Balaban J connectivity index is 1.57. The summed E-state index contributed by atoms with van der Waals surface area (Å²) in [6.45, 7) is 1.97. The summed E-state index contributed by atoms with van der Waals surface area (Å²) in [4.78, 5) is 17.1. The third-order valence-corrected chi connectivity index (χ3v) is 8.79. The van der Waals surface area contributed by atoms with E-state index < -0.39 is 83.9 Å². The van der Waals surface area contributed by atoms with Crippen LogP contribution in [0.4, 0.5) is 0 Å². The van der Waals surface area contributed by atoms with E-state index >= 15 is 0 Å². The van der Waals surface area contributed by atoms with Gasteiger partial charge in [0, 0.05) is 31.0 Å². The Morgan fingerprint density at radius 2 is 1.93 bits per heavy atom. The fraction of sp³-hybridized carbons (Fsp3) is 0.846.